The van der Waals surface area contributed by atoms with Gasteiger partial charge in [-0.1, -0.05) is 92.4 Å². The topological polar surface area (TPSA) is 242 Å². The fourth-order valence-electron chi connectivity index (χ4n) is 3.41. The van der Waals surface area contributed by atoms with E-state index in [2.05, 4.69) is 0 Å². The van der Waals surface area contributed by atoms with Gasteiger partial charge in [0.1, 0.15) is 23.6 Å². The predicted octanol–water partition coefficient (Wildman–Crippen LogP) is 4.90. The molecule has 0 saturated heterocycles. The smallest absolute Gasteiger partial charge is 0.328 e. The summed E-state index contributed by atoms with van der Waals surface area (Å²) in [5.74, 6) is -3.56. The molecule has 2 atom stereocenters. The minimum Gasteiger partial charge on any atom is -0.508 e. The van der Waals surface area contributed by atoms with Crippen molar-refractivity contribution in [3.8, 4) is 11.5 Å². The highest BCUT2D eigenvalue weighted by molar-refractivity contribution is 5.85. The summed E-state index contributed by atoms with van der Waals surface area (Å²) in [5.41, 5.74) is 14.1. The Bertz CT molecular complexity index is 1610. The molecule has 0 spiro atoms. The van der Waals surface area contributed by atoms with Crippen molar-refractivity contribution in [2.75, 3.05) is 0 Å². The van der Waals surface area contributed by atoms with E-state index in [-0.39, 0.29) is 25.3 Å². The van der Waals surface area contributed by atoms with Crippen LogP contribution in [0.1, 0.15) is 29.7 Å². The lowest BCUT2D eigenvalue weighted by molar-refractivity contribution is -0.139. The van der Waals surface area contributed by atoms with Crippen LogP contribution in [0.25, 0.3) is 12.2 Å². The van der Waals surface area contributed by atoms with Gasteiger partial charge in [-0.2, -0.15) is 0 Å². The average molecular weight is 675 g/mol. The van der Waals surface area contributed by atoms with E-state index in [0.29, 0.717) is 6.42 Å². The highest BCUT2D eigenvalue weighted by Gasteiger charge is 2.12. The van der Waals surface area contributed by atoms with Crippen LogP contribution in [0.2, 0.25) is 0 Å². The molecule has 12 heteroatoms. The first kappa shape index (κ1) is 42.8. The summed E-state index contributed by atoms with van der Waals surface area (Å²) in [6.45, 7) is 0. The van der Waals surface area contributed by atoms with Gasteiger partial charge in [0, 0.05) is 12.2 Å². The molecular formula is C37H42N2O10. The number of phenols is 2. The Morgan fingerprint density at radius 1 is 0.510 bits per heavy atom. The van der Waals surface area contributed by atoms with Crippen LogP contribution < -0.4 is 11.5 Å². The Morgan fingerprint density at radius 3 is 1.20 bits per heavy atom. The van der Waals surface area contributed by atoms with Gasteiger partial charge in [0.15, 0.2) is 0 Å². The lowest BCUT2D eigenvalue weighted by atomic mass is 10.1. The van der Waals surface area contributed by atoms with E-state index in [9.17, 15) is 19.2 Å². The van der Waals surface area contributed by atoms with Crippen LogP contribution in [0, 0.1) is 0 Å². The third kappa shape index (κ3) is 21.2. The number of hydrogen-bond acceptors (Lipinski definition) is 8. The molecule has 4 aromatic carbocycles. The minimum atomic E-state index is -1.02. The van der Waals surface area contributed by atoms with E-state index in [1.54, 1.807) is 30.3 Å². The first-order valence-electron chi connectivity index (χ1n) is 14.2. The van der Waals surface area contributed by atoms with E-state index < -0.39 is 36.0 Å². The molecule has 49 heavy (non-hydrogen) atoms. The maximum Gasteiger partial charge on any atom is 0.328 e. The van der Waals surface area contributed by atoms with Crippen LogP contribution in [0.15, 0.2) is 121 Å². The molecule has 260 valence electrons. The summed E-state index contributed by atoms with van der Waals surface area (Å²) in [4.78, 5) is 41.0. The summed E-state index contributed by atoms with van der Waals surface area (Å²) < 4.78 is 0. The van der Waals surface area contributed by atoms with E-state index in [1.165, 1.54) is 30.3 Å². The molecule has 0 radical (unpaired) electrons. The highest BCUT2D eigenvalue weighted by Crippen LogP contribution is 2.11. The SMILES string of the molecule is C.NC(Cc1ccc(O)cc1)C(=O)O.NC(Cc1ccccc1)C(=O)O.O=C(O)/C=C/c1ccc(O)cc1.O=C(O)/C=C/c1ccccc1. The van der Waals surface area contributed by atoms with Crippen LogP contribution >= 0.6 is 0 Å². The zero-order chi connectivity index (χ0) is 35.9. The number of aliphatic carboxylic acids is 4. The molecule has 0 saturated carbocycles. The van der Waals surface area contributed by atoms with E-state index in [1.807, 2.05) is 60.7 Å². The number of benzene rings is 4. The van der Waals surface area contributed by atoms with Gasteiger partial charge in [-0.15, -0.1) is 0 Å². The molecule has 10 N–H and O–H groups in total. The van der Waals surface area contributed by atoms with Crippen molar-refractivity contribution in [2.45, 2.75) is 32.4 Å². The van der Waals surface area contributed by atoms with Gasteiger partial charge < -0.3 is 42.1 Å². The van der Waals surface area contributed by atoms with Crippen LogP contribution in [0.3, 0.4) is 0 Å². The van der Waals surface area contributed by atoms with Crippen molar-refractivity contribution in [3.63, 3.8) is 0 Å². The number of carbonyl (C=O) groups is 4. The molecule has 0 aliphatic rings. The largest absolute Gasteiger partial charge is 0.508 e. The first-order valence-corrected chi connectivity index (χ1v) is 14.2. The lowest BCUT2D eigenvalue weighted by Crippen LogP contribution is -2.32. The first-order chi connectivity index (χ1) is 22.8. The van der Waals surface area contributed by atoms with Gasteiger partial charge in [-0.3, -0.25) is 9.59 Å². The van der Waals surface area contributed by atoms with Gasteiger partial charge >= 0.3 is 23.9 Å². The van der Waals surface area contributed by atoms with Crippen LogP contribution in [0.4, 0.5) is 0 Å². The zero-order valence-electron chi connectivity index (χ0n) is 25.7. The van der Waals surface area contributed by atoms with Gasteiger partial charge in [0.25, 0.3) is 0 Å². The van der Waals surface area contributed by atoms with Gasteiger partial charge in [0.05, 0.1) is 0 Å². The second-order valence-corrected chi connectivity index (χ2v) is 9.80. The molecule has 4 aromatic rings. The third-order valence-corrected chi connectivity index (χ3v) is 5.85. The maximum atomic E-state index is 10.4. The quantitative estimate of drug-likeness (QED) is 0.105. The second-order valence-electron chi connectivity index (χ2n) is 9.80. The fourth-order valence-corrected chi connectivity index (χ4v) is 3.41. The fraction of sp³-hybridized carbons (Fsp3) is 0.135. The van der Waals surface area contributed by atoms with Gasteiger partial charge in [0.2, 0.25) is 0 Å². The number of phenolic OH excluding ortho intramolecular Hbond substituents is 2. The predicted molar refractivity (Wildman–Crippen MR) is 188 cm³/mol. The van der Waals surface area contributed by atoms with Gasteiger partial charge in [-0.25, -0.2) is 9.59 Å². The number of rotatable bonds is 10. The standard InChI is InChI=1S/C9H11NO3.C9H11NO2.C9H8O3.C9H8O2.CH4/c10-8(9(12)13)5-6-1-3-7(11)4-2-6;10-8(9(11)12)6-7-4-2-1-3-5-7;10-8-4-1-7(2-5-8)3-6-9(11)12;10-9(11)7-6-8-4-2-1-3-5-8;/h1-4,8,11H,5,10H2,(H,12,13);1-5,8H,6,10H2,(H,11,12);1-6,10H,(H,11,12);1-7H,(H,10,11);1H4/b;;6-3+;7-6+;. The molecule has 0 aliphatic carbocycles. The molecule has 0 bridgehead atoms. The number of carboxylic acid groups (broad SMARTS) is 4. The summed E-state index contributed by atoms with van der Waals surface area (Å²) in [5, 5.41) is 51.5. The minimum absolute atomic E-state index is 0. The summed E-state index contributed by atoms with van der Waals surface area (Å²) in [7, 11) is 0. The molecule has 0 aliphatic heterocycles. The molecule has 0 amide bonds. The number of hydrogen-bond donors (Lipinski definition) is 8. The monoisotopic (exact) mass is 674 g/mol. The molecule has 12 nitrogen and oxygen atoms in total. The molecule has 0 aromatic heterocycles. The molecule has 4 rings (SSSR count). The maximum absolute atomic E-state index is 10.4. The Balaban J connectivity index is 0.000000624. The van der Waals surface area contributed by atoms with Gasteiger partial charge in [-0.05, 0) is 71.5 Å². The van der Waals surface area contributed by atoms with E-state index in [4.69, 9.17) is 42.1 Å². The van der Waals surface area contributed by atoms with Crippen LogP contribution in [0.5, 0.6) is 11.5 Å². The normalized spacial score (nSPS) is 11.1. The Labute approximate surface area is 284 Å². The van der Waals surface area contributed by atoms with E-state index in [0.717, 1.165) is 34.4 Å². The summed E-state index contributed by atoms with van der Waals surface area (Å²) in [6.07, 6.45) is 5.84. The van der Waals surface area contributed by atoms with E-state index >= 15 is 0 Å². The van der Waals surface area contributed by atoms with Crippen molar-refractivity contribution < 1.29 is 49.8 Å². The Morgan fingerprint density at radius 2 is 0.837 bits per heavy atom. The third-order valence-electron chi connectivity index (χ3n) is 5.85. The average Bonchev–Trinajstić information content (AvgIpc) is 3.06. The number of nitrogens with two attached hydrogens (primary N) is 2. The molecule has 0 fully saturated rings. The molecule has 2 unspecified atom stereocenters. The highest BCUT2D eigenvalue weighted by atomic mass is 16.4. The molecule has 0 heterocycles. The summed E-state index contributed by atoms with van der Waals surface area (Å²) in [6, 6.07) is 29.5. The Kier molecular flexibility index (Phi) is 20.9. The number of aromatic hydroxyl groups is 2. The van der Waals surface area contributed by atoms with Crippen molar-refractivity contribution >= 4 is 36.0 Å². The second kappa shape index (κ2) is 24.0. The summed E-state index contributed by atoms with van der Waals surface area (Å²) >= 11 is 0. The van der Waals surface area contributed by atoms with Crippen molar-refractivity contribution in [1.29, 1.82) is 0 Å². The number of carboxylic acids is 4. The van der Waals surface area contributed by atoms with Crippen LogP contribution in [-0.4, -0.2) is 66.6 Å². The van der Waals surface area contributed by atoms with Crippen molar-refractivity contribution in [3.05, 3.63) is 144 Å². The zero-order valence-corrected chi connectivity index (χ0v) is 25.7. The van der Waals surface area contributed by atoms with Crippen molar-refractivity contribution in [1.82, 2.24) is 0 Å². The lowest BCUT2D eigenvalue weighted by Gasteiger charge is -2.05. The molecular weight excluding hydrogens is 632 g/mol. The Hall–Kier alpha value is -6.24. The van der Waals surface area contributed by atoms with Crippen LogP contribution in [-0.2, 0) is 32.0 Å². The van der Waals surface area contributed by atoms with Crippen molar-refractivity contribution in [2.24, 2.45) is 11.5 Å².